The summed E-state index contributed by atoms with van der Waals surface area (Å²) < 4.78 is 6.99. The molecule has 3 N–H and O–H groups in total. The first-order valence-electron chi connectivity index (χ1n) is 13.8. The Morgan fingerprint density at radius 3 is 2.64 bits per heavy atom. The number of amides is 3. The van der Waals surface area contributed by atoms with Crippen molar-refractivity contribution in [1.82, 2.24) is 24.8 Å². The summed E-state index contributed by atoms with van der Waals surface area (Å²) in [5.41, 5.74) is 10.1. The summed E-state index contributed by atoms with van der Waals surface area (Å²) in [5, 5.41) is 18.5. The van der Waals surface area contributed by atoms with E-state index in [4.69, 9.17) is 10.5 Å². The number of methoxy groups -OCH3 is 1. The number of carboxylic acid groups (broad SMARTS) is 1. The van der Waals surface area contributed by atoms with E-state index in [0.717, 1.165) is 43.5 Å². The number of piperidine rings is 1. The lowest BCUT2D eigenvalue weighted by Crippen LogP contribution is -2.56. The molecule has 2 aromatic rings. The predicted molar refractivity (Wildman–Crippen MR) is 145 cm³/mol. The van der Waals surface area contributed by atoms with Crippen molar-refractivity contribution in [1.29, 1.82) is 0 Å². The molecule has 1 saturated heterocycles. The van der Waals surface area contributed by atoms with Gasteiger partial charge in [0.1, 0.15) is 0 Å². The van der Waals surface area contributed by atoms with Crippen molar-refractivity contribution in [3.05, 3.63) is 40.7 Å². The van der Waals surface area contributed by atoms with Gasteiger partial charge in [-0.15, -0.1) is 5.10 Å². The molecular formula is C28H40N6O5. The largest absolute Gasteiger partial charge is 0.465 e. The number of fused-ring (bicyclic) bond motifs is 1. The molecular weight excluding hydrogens is 500 g/mol. The van der Waals surface area contributed by atoms with E-state index in [1.807, 2.05) is 19.9 Å². The van der Waals surface area contributed by atoms with Crippen LogP contribution in [0.1, 0.15) is 66.8 Å². The average molecular weight is 541 g/mol. The van der Waals surface area contributed by atoms with Crippen molar-refractivity contribution in [3.8, 4) is 5.69 Å². The molecule has 0 spiro atoms. The number of unbranched alkanes of at least 4 members (excludes halogenated alkanes) is 1. The van der Waals surface area contributed by atoms with E-state index in [9.17, 15) is 19.5 Å². The van der Waals surface area contributed by atoms with Crippen molar-refractivity contribution in [3.63, 3.8) is 0 Å². The zero-order valence-corrected chi connectivity index (χ0v) is 23.1. The van der Waals surface area contributed by atoms with Gasteiger partial charge in [0.25, 0.3) is 5.91 Å². The molecule has 11 heteroatoms. The number of likely N-dealkylation sites (tertiary alicyclic amines) is 1. The van der Waals surface area contributed by atoms with Crippen LogP contribution in [0.3, 0.4) is 0 Å². The molecule has 0 saturated carbocycles. The van der Waals surface area contributed by atoms with E-state index in [0.29, 0.717) is 26.0 Å². The highest BCUT2D eigenvalue weighted by molar-refractivity contribution is 5.94. The Morgan fingerprint density at radius 1 is 1.18 bits per heavy atom. The second kappa shape index (κ2) is 12.6. The van der Waals surface area contributed by atoms with Gasteiger partial charge < -0.3 is 25.4 Å². The van der Waals surface area contributed by atoms with Crippen LogP contribution in [-0.2, 0) is 28.8 Å². The molecule has 212 valence electrons. The molecule has 1 fully saturated rings. The van der Waals surface area contributed by atoms with Crippen LogP contribution in [0.25, 0.3) is 5.69 Å². The van der Waals surface area contributed by atoms with Crippen molar-refractivity contribution in [2.24, 2.45) is 17.6 Å². The third-order valence-electron chi connectivity index (χ3n) is 7.67. The van der Waals surface area contributed by atoms with Crippen LogP contribution in [-0.4, -0.2) is 87.2 Å². The normalized spacial score (nSPS) is 18.8. The highest BCUT2D eigenvalue weighted by Gasteiger charge is 2.39. The number of hydrogen-bond acceptors (Lipinski definition) is 6. The number of ether oxygens (including phenoxy) is 1. The van der Waals surface area contributed by atoms with Gasteiger partial charge in [-0.1, -0.05) is 25.1 Å². The van der Waals surface area contributed by atoms with Crippen LogP contribution < -0.4 is 5.73 Å². The van der Waals surface area contributed by atoms with Gasteiger partial charge in [0.2, 0.25) is 5.91 Å². The van der Waals surface area contributed by atoms with Gasteiger partial charge in [0.05, 0.1) is 23.3 Å². The van der Waals surface area contributed by atoms with Gasteiger partial charge in [0, 0.05) is 33.4 Å². The smallest absolute Gasteiger partial charge is 0.407 e. The highest BCUT2D eigenvalue weighted by atomic mass is 16.5. The number of carbonyl (C=O) groups is 3. The fraction of sp³-hybridized carbons (Fsp3) is 0.607. The van der Waals surface area contributed by atoms with Gasteiger partial charge >= 0.3 is 6.09 Å². The minimum Gasteiger partial charge on any atom is -0.465 e. The molecule has 39 heavy (non-hydrogen) atoms. The van der Waals surface area contributed by atoms with Crippen LogP contribution in [0.4, 0.5) is 4.79 Å². The van der Waals surface area contributed by atoms with Crippen LogP contribution >= 0.6 is 0 Å². The Morgan fingerprint density at radius 2 is 1.95 bits per heavy atom. The SMILES string of the molecule is COCCCCc1c(C(=O)N(CC(C)C)[C@H]2C[C@@H](C(N)=O)CN(C(=O)O)C2)nnn1-c1ccc2c(c1)CCC2. The predicted octanol–water partition coefficient (Wildman–Crippen LogP) is 2.68. The number of carbonyl (C=O) groups excluding carboxylic acids is 2. The molecule has 2 heterocycles. The molecule has 2 aliphatic rings. The van der Waals surface area contributed by atoms with Gasteiger partial charge in [-0.25, -0.2) is 9.48 Å². The van der Waals surface area contributed by atoms with E-state index in [2.05, 4.69) is 22.4 Å². The molecule has 1 aliphatic heterocycles. The summed E-state index contributed by atoms with van der Waals surface area (Å²) in [6.45, 7) is 5.14. The zero-order valence-electron chi connectivity index (χ0n) is 23.1. The van der Waals surface area contributed by atoms with E-state index >= 15 is 0 Å². The van der Waals surface area contributed by atoms with Gasteiger partial charge in [0.15, 0.2) is 5.69 Å². The fourth-order valence-corrected chi connectivity index (χ4v) is 5.72. The first-order valence-corrected chi connectivity index (χ1v) is 13.8. The highest BCUT2D eigenvalue weighted by Crippen LogP contribution is 2.28. The monoisotopic (exact) mass is 540 g/mol. The maximum atomic E-state index is 14.2. The second-order valence-corrected chi connectivity index (χ2v) is 11.1. The third-order valence-corrected chi connectivity index (χ3v) is 7.67. The van der Waals surface area contributed by atoms with Crippen LogP contribution in [0.5, 0.6) is 0 Å². The van der Waals surface area contributed by atoms with E-state index in [1.165, 1.54) is 16.0 Å². The first kappa shape index (κ1) is 28.5. The van der Waals surface area contributed by atoms with Crippen LogP contribution in [0.2, 0.25) is 0 Å². The summed E-state index contributed by atoms with van der Waals surface area (Å²) in [5.74, 6) is -1.43. The number of nitrogens with two attached hydrogens (primary N) is 1. The molecule has 1 aromatic carbocycles. The van der Waals surface area contributed by atoms with Crippen molar-refractivity contribution in [2.75, 3.05) is 33.4 Å². The van der Waals surface area contributed by atoms with E-state index in [-0.39, 0.29) is 30.6 Å². The summed E-state index contributed by atoms with van der Waals surface area (Å²) >= 11 is 0. The maximum absolute atomic E-state index is 14.2. The number of rotatable bonds is 11. The lowest BCUT2D eigenvalue weighted by molar-refractivity contribution is -0.124. The molecule has 0 bridgehead atoms. The second-order valence-electron chi connectivity index (χ2n) is 11.1. The van der Waals surface area contributed by atoms with Crippen molar-refractivity contribution in [2.45, 2.75) is 64.8 Å². The zero-order chi connectivity index (χ0) is 28.1. The molecule has 1 aromatic heterocycles. The van der Waals surface area contributed by atoms with Gasteiger partial charge in [-0.05, 0) is 74.1 Å². The molecule has 3 amide bonds. The van der Waals surface area contributed by atoms with Crippen LogP contribution in [0, 0.1) is 11.8 Å². The van der Waals surface area contributed by atoms with Crippen molar-refractivity contribution < 1.29 is 24.2 Å². The first-order chi connectivity index (χ1) is 18.7. The minimum absolute atomic E-state index is 0.0319. The minimum atomic E-state index is -1.13. The van der Waals surface area contributed by atoms with Crippen LogP contribution in [0.15, 0.2) is 18.2 Å². The Kier molecular flexibility index (Phi) is 9.21. The third kappa shape index (κ3) is 6.58. The molecule has 0 radical (unpaired) electrons. The topological polar surface area (TPSA) is 144 Å². The average Bonchev–Trinajstić information content (AvgIpc) is 3.55. The van der Waals surface area contributed by atoms with Gasteiger partial charge in [-0.2, -0.15) is 0 Å². The lowest BCUT2D eigenvalue weighted by atomic mass is 9.92. The summed E-state index contributed by atoms with van der Waals surface area (Å²) in [7, 11) is 1.67. The standard InChI is InChI=1S/C28H40N6O5/c1-18(2)15-33(23-14-21(26(29)35)16-32(17-23)28(37)38)27(36)25-24(9-4-5-12-39-3)34(31-30-25)22-11-10-19-7-6-8-20(19)13-22/h10-11,13,18,21,23H,4-9,12,14-17H2,1-3H3,(H2,29,35)(H,37,38)/t21-,23+/m1/s1. The number of hydrogen-bond donors (Lipinski definition) is 2. The molecule has 0 unspecified atom stereocenters. The van der Waals surface area contributed by atoms with E-state index < -0.39 is 24.0 Å². The fourth-order valence-electron chi connectivity index (χ4n) is 5.72. The molecule has 11 nitrogen and oxygen atoms in total. The summed E-state index contributed by atoms with van der Waals surface area (Å²) in [6.07, 6.45) is 4.60. The Hall–Kier alpha value is -3.47. The molecule has 2 atom stereocenters. The number of aryl methyl sites for hydroxylation is 2. The Labute approximate surface area is 229 Å². The maximum Gasteiger partial charge on any atom is 0.407 e. The Bertz CT molecular complexity index is 1170. The lowest BCUT2D eigenvalue weighted by Gasteiger charge is -2.41. The summed E-state index contributed by atoms with van der Waals surface area (Å²) in [6, 6.07) is 5.79. The number of primary amides is 1. The van der Waals surface area contributed by atoms with E-state index in [1.54, 1.807) is 16.7 Å². The number of nitrogens with zero attached hydrogens (tertiary/aromatic N) is 5. The Balaban J connectivity index is 1.70. The van der Waals surface area contributed by atoms with Gasteiger partial charge in [-0.3, -0.25) is 9.59 Å². The molecule has 1 aliphatic carbocycles. The summed E-state index contributed by atoms with van der Waals surface area (Å²) in [4.78, 5) is 41.0. The quantitative estimate of drug-likeness (QED) is 0.417. The molecule has 4 rings (SSSR count). The number of aromatic nitrogens is 3. The number of benzene rings is 1. The van der Waals surface area contributed by atoms with Crippen molar-refractivity contribution >= 4 is 17.9 Å².